The van der Waals surface area contributed by atoms with Crippen LogP contribution in [0, 0.1) is 0 Å². The van der Waals surface area contributed by atoms with E-state index < -0.39 is 6.29 Å². The van der Waals surface area contributed by atoms with Gasteiger partial charge in [0.05, 0.1) is 11.7 Å². The first-order chi connectivity index (χ1) is 15.7. The first kappa shape index (κ1) is 26.7. The lowest BCUT2D eigenvalue weighted by Crippen LogP contribution is -2.18. The minimum Gasteiger partial charge on any atom is -0.432 e. The fourth-order valence-electron chi connectivity index (χ4n) is 4.32. The number of esters is 1. The van der Waals surface area contributed by atoms with E-state index in [9.17, 15) is 4.79 Å². The summed E-state index contributed by atoms with van der Waals surface area (Å²) in [5, 5.41) is 3.46. The van der Waals surface area contributed by atoms with E-state index in [2.05, 4.69) is 12.2 Å². The van der Waals surface area contributed by atoms with Crippen LogP contribution in [0.3, 0.4) is 0 Å². The van der Waals surface area contributed by atoms with E-state index >= 15 is 0 Å². The highest BCUT2D eigenvalue weighted by Crippen LogP contribution is 2.21. The summed E-state index contributed by atoms with van der Waals surface area (Å²) in [6.07, 6.45) is 20.9. The number of unbranched alkanes of at least 4 members (excludes halogenated alkanes) is 13. The molecule has 2 unspecified atom stereocenters. The van der Waals surface area contributed by atoms with Gasteiger partial charge in [-0.3, -0.25) is 0 Å². The van der Waals surface area contributed by atoms with Gasteiger partial charge >= 0.3 is 5.97 Å². The normalized spacial score (nSPS) is 18.1. The predicted octanol–water partition coefficient (Wildman–Crippen LogP) is 8.26. The Hall–Kier alpha value is -1.55. The molecule has 0 bridgehead atoms. The van der Waals surface area contributed by atoms with Crippen LogP contribution >= 0.6 is 0 Å². The van der Waals surface area contributed by atoms with Gasteiger partial charge in [-0.05, 0) is 44.0 Å². The molecule has 0 radical (unpaired) electrons. The van der Waals surface area contributed by atoms with Gasteiger partial charge in [0.15, 0.2) is 0 Å². The van der Waals surface area contributed by atoms with Crippen LogP contribution in [0.1, 0.15) is 127 Å². The summed E-state index contributed by atoms with van der Waals surface area (Å²) in [5.74, 6) is -0.303. The van der Waals surface area contributed by atoms with Crippen LogP contribution < -0.4 is 5.32 Å². The monoisotopic (exact) mass is 445 g/mol. The number of rotatable bonds is 18. The van der Waals surface area contributed by atoms with Crippen LogP contribution in [0.15, 0.2) is 24.3 Å². The van der Waals surface area contributed by atoms with Crippen molar-refractivity contribution in [3.63, 3.8) is 0 Å². The van der Waals surface area contributed by atoms with Crippen LogP contribution in [0.5, 0.6) is 0 Å². The molecule has 1 aromatic carbocycles. The van der Waals surface area contributed by atoms with E-state index in [-0.39, 0.29) is 12.1 Å². The third-order valence-corrected chi connectivity index (χ3v) is 6.41. The molecule has 1 fully saturated rings. The van der Waals surface area contributed by atoms with Crippen LogP contribution in [-0.2, 0) is 9.47 Å². The van der Waals surface area contributed by atoms with Crippen LogP contribution in [0.4, 0.5) is 5.69 Å². The van der Waals surface area contributed by atoms with Gasteiger partial charge in [0.1, 0.15) is 0 Å². The lowest BCUT2D eigenvalue weighted by molar-refractivity contribution is -0.0977. The van der Waals surface area contributed by atoms with Crippen molar-refractivity contribution in [2.45, 2.75) is 129 Å². The molecule has 1 N–H and O–H groups in total. The molecule has 0 spiro atoms. The fraction of sp³-hybridized carbons (Fsp3) is 0.750. The van der Waals surface area contributed by atoms with Gasteiger partial charge in [-0.25, -0.2) is 4.79 Å². The maximum atomic E-state index is 12.2. The summed E-state index contributed by atoms with van der Waals surface area (Å²) in [5.41, 5.74) is 1.64. The van der Waals surface area contributed by atoms with E-state index in [1.54, 1.807) is 0 Å². The third-order valence-electron chi connectivity index (χ3n) is 6.41. The topological polar surface area (TPSA) is 47.6 Å². The van der Waals surface area contributed by atoms with Gasteiger partial charge in [0, 0.05) is 18.7 Å². The van der Waals surface area contributed by atoms with Gasteiger partial charge in [-0.1, -0.05) is 90.4 Å². The Labute approximate surface area is 196 Å². The van der Waals surface area contributed by atoms with Crippen molar-refractivity contribution in [3.8, 4) is 0 Å². The number of ether oxygens (including phenoxy) is 2. The quantitative estimate of drug-likeness (QED) is 0.182. The summed E-state index contributed by atoms with van der Waals surface area (Å²) >= 11 is 0. The van der Waals surface area contributed by atoms with Gasteiger partial charge in [0.2, 0.25) is 6.29 Å². The molecule has 0 amide bonds. The third kappa shape index (κ3) is 11.9. The Morgan fingerprint density at radius 1 is 0.844 bits per heavy atom. The van der Waals surface area contributed by atoms with E-state index in [0.717, 1.165) is 25.1 Å². The van der Waals surface area contributed by atoms with Gasteiger partial charge in [0.25, 0.3) is 0 Å². The largest absolute Gasteiger partial charge is 0.432 e. The zero-order valence-electron chi connectivity index (χ0n) is 20.7. The molecule has 0 aliphatic carbocycles. The zero-order valence-corrected chi connectivity index (χ0v) is 20.7. The second-order valence-corrected chi connectivity index (χ2v) is 9.46. The first-order valence-corrected chi connectivity index (χ1v) is 13.4. The van der Waals surface area contributed by atoms with Crippen LogP contribution in [-0.4, -0.2) is 24.9 Å². The molecule has 1 heterocycles. The minimum absolute atomic E-state index is 0.175. The van der Waals surface area contributed by atoms with Crippen molar-refractivity contribution < 1.29 is 14.3 Å². The van der Waals surface area contributed by atoms with Crippen LogP contribution in [0.25, 0.3) is 0 Å². The lowest BCUT2D eigenvalue weighted by atomic mass is 10.0. The predicted molar refractivity (Wildman–Crippen MR) is 134 cm³/mol. The van der Waals surface area contributed by atoms with Crippen molar-refractivity contribution in [3.05, 3.63) is 29.8 Å². The second-order valence-electron chi connectivity index (χ2n) is 9.46. The Morgan fingerprint density at radius 3 is 1.88 bits per heavy atom. The summed E-state index contributed by atoms with van der Waals surface area (Å²) in [7, 11) is 0. The van der Waals surface area contributed by atoms with E-state index in [4.69, 9.17) is 9.47 Å². The molecule has 1 aliphatic heterocycles. The molecule has 4 nitrogen and oxygen atoms in total. The second kappa shape index (κ2) is 17.0. The fourth-order valence-corrected chi connectivity index (χ4v) is 4.32. The number of benzene rings is 1. The molecule has 32 heavy (non-hydrogen) atoms. The molecular formula is C28H47NO3. The number of nitrogens with one attached hydrogen (secondary N) is 1. The van der Waals surface area contributed by atoms with Gasteiger partial charge in [-0.15, -0.1) is 0 Å². The molecule has 2 rings (SSSR count). The number of hydrogen-bond acceptors (Lipinski definition) is 4. The van der Waals surface area contributed by atoms with E-state index in [1.807, 2.05) is 31.2 Å². The first-order valence-electron chi connectivity index (χ1n) is 13.4. The number of hydrogen-bond donors (Lipinski definition) is 1. The maximum absolute atomic E-state index is 12.2. The zero-order chi connectivity index (χ0) is 22.9. The number of carbonyl (C=O) groups is 1. The highest BCUT2D eigenvalue weighted by atomic mass is 16.7. The van der Waals surface area contributed by atoms with Crippen molar-refractivity contribution in [2.24, 2.45) is 0 Å². The van der Waals surface area contributed by atoms with Crippen molar-refractivity contribution in [1.29, 1.82) is 0 Å². The van der Waals surface area contributed by atoms with Crippen molar-refractivity contribution in [2.75, 3.05) is 11.9 Å². The average Bonchev–Trinajstić information content (AvgIpc) is 3.21. The smallest absolute Gasteiger partial charge is 0.340 e. The summed E-state index contributed by atoms with van der Waals surface area (Å²) in [6.45, 7) is 5.27. The molecule has 0 saturated carbocycles. The Kier molecular flexibility index (Phi) is 14.2. The average molecular weight is 446 g/mol. The van der Waals surface area contributed by atoms with Crippen molar-refractivity contribution >= 4 is 11.7 Å². The molecule has 0 aromatic heterocycles. The summed E-state index contributed by atoms with van der Waals surface area (Å²) < 4.78 is 11.0. The molecule has 1 saturated heterocycles. The molecule has 2 atom stereocenters. The lowest BCUT2D eigenvalue weighted by Gasteiger charge is -2.13. The SMILES string of the molecule is CCCCCCCCCCCCCCCCNc1ccc(C(=O)OC2CCC(C)O2)cc1. The molecule has 4 heteroatoms. The standard InChI is InChI=1S/C28H47NO3/c1-3-4-5-6-7-8-9-10-11-12-13-14-15-16-23-29-26-20-18-25(19-21-26)28(30)32-27-22-17-24(2)31-27/h18-21,24,27,29H,3-17,22-23H2,1-2H3. The van der Waals surface area contributed by atoms with E-state index in [1.165, 1.54) is 89.9 Å². The Bertz CT molecular complexity index is 601. The highest BCUT2D eigenvalue weighted by molar-refractivity contribution is 5.89. The molecule has 182 valence electrons. The Balaban J connectivity index is 1.41. The maximum Gasteiger partial charge on any atom is 0.340 e. The van der Waals surface area contributed by atoms with Crippen molar-refractivity contribution in [1.82, 2.24) is 0 Å². The molecule has 1 aliphatic rings. The van der Waals surface area contributed by atoms with Gasteiger partial charge < -0.3 is 14.8 Å². The molecule has 1 aromatic rings. The summed E-state index contributed by atoms with van der Waals surface area (Å²) in [4.78, 5) is 12.2. The van der Waals surface area contributed by atoms with Crippen LogP contribution in [0.2, 0.25) is 0 Å². The minimum atomic E-state index is -0.393. The van der Waals surface area contributed by atoms with Gasteiger partial charge in [-0.2, -0.15) is 0 Å². The highest BCUT2D eigenvalue weighted by Gasteiger charge is 2.25. The number of anilines is 1. The summed E-state index contributed by atoms with van der Waals surface area (Å²) in [6, 6.07) is 7.57. The van der Waals surface area contributed by atoms with E-state index in [0.29, 0.717) is 5.56 Å². The number of carbonyl (C=O) groups excluding carboxylic acids is 1. The molecular weight excluding hydrogens is 398 g/mol. The Morgan fingerprint density at radius 2 is 1.38 bits per heavy atom.